The van der Waals surface area contributed by atoms with Crippen molar-refractivity contribution in [2.75, 3.05) is 26.2 Å². The Balaban J connectivity index is 2.05. The molecule has 2 rings (SSSR count). The lowest BCUT2D eigenvalue weighted by atomic mass is 9.87. The number of hydrogen-bond acceptors (Lipinski definition) is 2. The molecule has 2 fully saturated rings. The highest BCUT2D eigenvalue weighted by atomic mass is 19.4. The number of piperidine rings is 2. The van der Waals surface area contributed by atoms with Crippen LogP contribution in [0.25, 0.3) is 0 Å². The normalized spacial score (nSPS) is 30.3. The lowest BCUT2D eigenvalue weighted by Crippen LogP contribution is -2.61. The van der Waals surface area contributed by atoms with Crippen LogP contribution in [0.5, 0.6) is 0 Å². The van der Waals surface area contributed by atoms with E-state index < -0.39 is 37.5 Å². The molecule has 0 unspecified atom stereocenters. The van der Waals surface area contributed by atoms with E-state index in [1.165, 1.54) is 9.80 Å². The first-order valence-electron chi connectivity index (χ1n) is 6.77. The summed E-state index contributed by atoms with van der Waals surface area (Å²) < 4.78 is 75.2. The molecule has 2 aliphatic rings. The topological polar surface area (TPSA) is 6.48 Å². The zero-order valence-corrected chi connectivity index (χ0v) is 11.0. The Kier molecular flexibility index (Phi) is 4.53. The van der Waals surface area contributed by atoms with Crippen LogP contribution < -0.4 is 0 Å². The van der Waals surface area contributed by atoms with Crippen molar-refractivity contribution in [1.82, 2.24) is 9.80 Å². The summed E-state index contributed by atoms with van der Waals surface area (Å²) in [6.45, 7) is -1.40. The molecule has 0 aromatic heterocycles. The number of rotatable bonds is 2. The van der Waals surface area contributed by atoms with E-state index in [0.29, 0.717) is 38.8 Å². The van der Waals surface area contributed by atoms with Crippen molar-refractivity contribution in [2.45, 2.75) is 50.1 Å². The molecule has 0 radical (unpaired) electrons. The highest BCUT2D eigenvalue weighted by molar-refractivity contribution is 4.95. The average molecular weight is 304 g/mol. The van der Waals surface area contributed by atoms with Gasteiger partial charge >= 0.3 is 12.4 Å². The summed E-state index contributed by atoms with van der Waals surface area (Å²) in [7, 11) is 0. The predicted molar refractivity (Wildman–Crippen MR) is 61.3 cm³/mol. The third-order valence-electron chi connectivity index (χ3n) is 4.04. The molecule has 0 saturated carbocycles. The summed E-state index contributed by atoms with van der Waals surface area (Å²) in [6.07, 6.45) is -6.45. The van der Waals surface area contributed by atoms with Crippen molar-refractivity contribution in [3.63, 3.8) is 0 Å². The van der Waals surface area contributed by atoms with Crippen LogP contribution in [-0.4, -0.2) is 60.4 Å². The number of nitrogens with zero attached hydrogens (tertiary/aromatic N) is 2. The van der Waals surface area contributed by atoms with Gasteiger partial charge in [0.15, 0.2) is 0 Å². The van der Waals surface area contributed by atoms with E-state index in [4.69, 9.17) is 0 Å². The van der Waals surface area contributed by atoms with Gasteiger partial charge < -0.3 is 0 Å². The maximum atomic E-state index is 12.5. The van der Waals surface area contributed by atoms with Crippen LogP contribution in [0.1, 0.15) is 25.7 Å². The molecule has 0 N–H and O–H groups in total. The second kappa shape index (κ2) is 5.71. The number of hydrogen-bond donors (Lipinski definition) is 0. The van der Waals surface area contributed by atoms with Crippen LogP contribution in [0.3, 0.4) is 0 Å². The minimum absolute atomic E-state index is 0.320. The van der Waals surface area contributed by atoms with Crippen LogP contribution in [0.2, 0.25) is 0 Å². The first-order chi connectivity index (χ1) is 9.16. The fraction of sp³-hybridized carbons (Fsp3) is 1.00. The molecule has 118 valence electrons. The van der Waals surface area contributed by atoms with Crippen LogP contribution in [-0.2, 0) is 0 Å². The molecule has 2 aliphatic heterocycles. The summed E-state index contributed by atoms with van der Waals surface area (Å²) in [5, 5.41) is 0. The zero-order chi connectivity index (χ0) is 15.0. The number of alkyl halides is 6. The first kappa shape index (κ1) is 15.9. The van der Waals surface area contributed by atoms with Gasteiger partial charge in [-0.05, 0) is 38.8 Å². The smallest absolute Gasteiger partial charge is 0.290 e. The van der Waals surface area contributed by atoms with Crippen molar-refractivity contribution in [1.29, 1.82) is 0 Å². The second-order valence-corrected chi connectivity index (χ2v) is 5.59. The molecular weight excluding hydrogens is 286 g/mol. The molecule has 0 aromatic carbocycles. The number of halogens is 6. The Morgan fingerprint density at radius 2 is 1.05 bits per heavy atom. The molecule has 2 nitrogen and oxygen atoms in total. The first-order valence-corrected chi connectivity index (χ1v) is 6.77. The van der Waals surface area contributed by atoms with Crippen molar-refractivity contribution in [3.05, 3.63) is 0 Å². The molecule has 0 aliphatic carbocycles. The Bertz CT molecular complexity index is 295. The van der Waals surface area contributed by atoms with E-state index in [-0.39, 0.29) is 0 Å². The average Bonchev–Trinajstić information content (AvgIpc) is 2.26. The summed E-state index contributed by atoms with van der Waals surface area (Å²) in [4.78, 5) is 2.63. The van der Waals surface area contributed by atoms with E-state index >= 15 is 0 Å². The van der Waals surface area contributed by atoms with Crippen LogP contribution >= 0.6 is 0 Å². The highest BCUT2D eigenvalue weighted by Crippen LogP contribution is 2.33. The van der Waals surface area contributed by atoms with E-state index in [1.807, 2.05) is 0 Å². The van der Waals surface area contributed by atoms with Crippen LogP contribution in [0.4, 0.5) is 26.3 Å². The van der Waals surface area contributed by atoms with Crippen molar-refractivity contribution < 1.29 is 26.3 Å². The molecule has 2 heterocycles. The van der Waals surface area contributed by atoms with Gasteiger partial charge in [-0.15, -0.1) is 0 Å². The van der Waals surface area contributed by atoms with Crippen molar-refractivity contribution in [2.24, 2.45) is 0 Å². The maximum Gasteiger partial charge on any atom is 0.401 e. The molecular formula is C12H18F6N2. The third kappa shape index (κ3) is 4.25. The molecule has 2 saturated heterocycles. The molecule has 0 spiro atoms. The fourth-order valence-electron chi connectivity index (χ4n) is 3.43. The van der Waals surface area contributed by atoms with Gasteiger partial charge in [0, 0.05) is 12.1 Å². The molecule has 0 aromatic rings. The van der Waals surface area contributed by atoms with Gasteiger partial charge in [-0.2, -0.15) is 26.3 Å². The Hall–Kier alpha value is -0.500. The maximum absolute atomic E-state index is 12.5. The Morgan fingerprint density at radius 1 is 0.700 bits per heavy atom. The number of fused-ring (bicyclic) bond motifs is 1. The van der Waals surface area contributed by atoms with Crippen molar-refractivity contribution >= 4 is 0 Å². The molecule has 8 heteroatoms. The minimum Gasteiger partial charge on any atom is -0.290 e. The molecule has 20 heavy (non-hydrogen) atoms. The van der Waals surface area contributed by atoms with Gasteiger partial charge in [-0.25, -0.2) is 0 Å². The fourth-order valence-corrected chi connectivity index (χ4v) is 3.43. The second-order valence-electron chi connectivity index (χ2n) is 5.59. The Labute approximate surface area is 113 Å². The van der Waals surface area contributed by atoms with Gasteiger partial charge in [-0.3, -0.25) is 9.80 Å². The third-order valence-corrected chi connectivity index (χ3v) is 4.04. The summed E-state index contributed by atoms with van der Waals surface area (Å²) in [5.74, 6) is 0. The quantitative estimate of drug-likeness (QED) is 0.724. The van der Waals surface area contributed by atoms with Gasteiger partial charge in [0.05, 0.1) is 13.1 Å². The summed E-state index contributed by atoms with van der Waals surface area (Å²) in [6, 6.07) is -0.803. The zero-order valence-electron chi connectivity index (χ0n) is 11.0. The van der Waals surface area contributed by atoms with Crippen LogP contribution in [0.15, 0.2) is 0 Å². The van der Waals surface area contributed by atoms with Crippen LogP contribution in [0, 0.1) is 0 Å². The van der Waals surface area contributed by atoms with Crippen molar-refractivity contribution in [3.8, 4) is 0 Å². The van der Waals surface area contributed by atoms with E-state index in [9.17, 15) is 26.3 Å². The SMILES string of the molecule is FC(F)(F)CN1CCC[C@H]2[C@@H]1CCCN2CC(F)(F)F. The monoisotopic (exact) mass is 304 g/mol. The van der Waals surface area contributed by atoms with E-state index in [0.717, 1.165) is 0 Å². The van der Waals surface area contributed by atoms with Gasteiger partial charge in [0.25, 0.3) is 0 Å². The lowest BCUT2D eigenvalue weighted by molar-refractivity contribution is -0.176. The van der Waals surface area contributed by atoms with Gasteiger partial charge in [0.1, 0.15) is 0 Å². The van der Waals surface area contributed by atoms with E-state index in [1.54, 1.807) is 0 Å². The van der Waals surface area contributed by atoms with E-state index in [2.05, 4.69) is 0 Å². The van der Waals surface area contributed by atoms with Gasteiger partial charge in [0.2, 0.25) is 0 Å². The molecule has 0 amide bonds. The predicted octanol–water partition coefficient (Wildman–Crippen LogP) is 3.04. The Morgan fingerprint density at radius 3 is 1.35 bits per heavy atom. The van der Waals surface area contributed by atoms with Gasteiger partial charge in [-0.1, -0.05) is 0 Å². The molecule has 2 atom stereocenters. The standard InChI is InChI=1S/C12H18F6N2/c13-11(14,15)7-19-5-1-3-9-10(19)4-2-6-20(9)8-12(16,17)18/h9-10H,1-8H2/t9-,10-/m0/s1. The molecule has 0 bridgehead atoms. The highest BCUT2D eigenvalue weighted by Gasteiger charge is 2.44. The largest absolute Gasteiger partial charge is 0.401 e. The number of likely N-dealkylation sites (tertiary alicyclic amines) is 2. The lowest BCUT2D eigenvalue weighted by Gasteiger charge is -2.49. The minimum atomic E-state index is -4.30. The summed E-state index contributed by atoms with van der Waals surface area (Å²) >= 11 is 0. The summed E-state index contributed by atoms with van der Waals surface area (Å²) in [5.41, 5.74) is 0.